The molecule has 0 bridgehead atoms. The number of H-pyrrole nitrogens is 1. The van der Waals surface area contributed by atoms with Crippen LogP contribution < -0.4 is 10.6 Å². The molecule has 2 aromatic rings. The van der Waals surface area contributed by atoms with Crippen molar-refractivity contribution in [3.8, 4) is 11.4 Å². The third kappa shape index (κ3) is 2.83. The summed E-state index contributed by atoms with van der Waals surface area (Å²) in [6, 6.07) is 7.32. The van der Waals surface area contributed by atoms with E-state index < -0.39 is 0 Å². The highest BCUT2D eigenvalue weighted by molar-refractivity contribution is 5.95. The first kappa shape index (κ1) is 12.7. The van der Waals surface area contributed by atoms with Gasteiger partial charge in [-0.3, -0.25) is 4.79 Å². The Morgan fingerprint density at radius 2 is 2.30 bits per heavy atom. The maximum atomic E-state index is 12.1. The summed E-state index contributed by atoms with van der Waals surface area (Å²) in [5.41, 5.74) is 1.55. The molecule has 3 N–H and O–H groups in total. The first-order valence-electron chi connectivity index (χ1n) is 6.71. The molecule has 0 aliphatic carbocycles. The van der Waals surface area contributed by atoms with Crippen molar-refractivity contribution >= 4 is 11.6 Å². The Bertz CT molecular complexity index is 576. The van der Waals surface area contributed by atoms with Crippen molar-refractivity contribution in [3.05, 3.63) is 24.3 Å². The van der Waals surface area contributed by atoms with Crippen LogP contribution in [-0.2, 0) is 4.79 Å². The van der Waals surface area contributed by atoms with Crippen LogP contribution in [0.4, 0.5) is 5.69 Å². The zero-order valence-electron chi connectivity index (χ0n) is 11.0. The van der Waals surface area contributed by atoms with Crippen molar-refractivity contribution in [1.82, 2.24) is 25.9 Å². The van der Waals surface area contributed by atoms with Crippen LogP contribution in [-0.4, -0.2) is 39.1 Å². The maximum Gasteiger partial charge on any atom is 0.241 e. The van der Waals surface area contributed by atoms with E-state index in [0.29, 0.717) is 5.82 Å². The van der Waals surface area contributed by atoms with Crippen molar-refractivity contribution in [2.75, 3.05) is 11.9 Å². The van der Waals surface area contributed by atoms with Crippen LogP contribution in [0.25, 0.3) is 11.4 Å². The van der Waals surface area contributed by atoms with Crippen LogP contribution in [0, 0.1) is 0 Å². The lowest BCUT2D eigenvalue weighted by Crippen LogP contribution is -2.43. The van der Waals surface area contributed by atoms with Gasteiger partial charge in [0.2, 0.25) is 11.7 Å². The Labute approximate surface area is 116 Å². The molecule has 1 aliphatic rings. The summed E-state index contributed by atoms with van der Waals surface area (Å²) in [6.07, 6.45) is 3.11. The minimum Gasteiger partial charge on any atom is -0.325 e. The molecule has 2 heterocycles. The molecule has 1 fully saturated rings. The van der Waals surface area contributed by atoms with Crippen molar-refractivity contribution in [2.24, 2.45) is 0 Å². The average Bonchev–Trinajstić information content (AvgIpc) is 3.03. The molecule has 3 rings (SSSR count). The number of piperidine rings is 1. The second-order valence-electron chi connectivity index (χ2n) is 4.81. The van der Waals surface area contributed by atoms with E-state index in [1.54, 1.807) is 0 Å². The van der Waals surface area contributed by atoms with Crippen LogP contribution in [0.15, 0.2) is 24.3 Å². The van der Waals surface area contributed by atoms with E-state index in [0.717, 1.165) is 37.1 Å². The fraction of sp³-hybridized carbons (Fsp3) is 0.385. The van der Waals surface area contributed by atoms with Gasteiger partial charge in [-0.1, -0.05) is 18.6 Å². The number of carbonyl (C=O) groups excluding carboxylic acids is 1. The third-order valence-corrected chi connectivity index (χ3v) is 3.36. The van der Waals surface area contributed by atoms with Crippen LogP contribution in [0.2, 0.25) is 0 Å². The highest BCUT2D eigenvalue weighted by Crippen LogP contribution is 2.19. The summed E-state index contributed by atoms with van der Waals surface area (Å²) in [4.78, 5) is 12.1. The number of anilines is 1. The van der Waals surface area contributed by atoms with Crippen molar-refractivity contribution < 1.29 is 4.79 Å². The Morgan fingerprint density at radius 1 is 1.35 bits per heavy atom. The molecule has 0 spiro atoms. The number of tetrazole rings is 1. The van der Waals surface area contributed by atoms with Gasteiger partial charge in [-0.05, 0) is 36.7 Å². The second-order valence-corrected chi connectivity index (χ2v) is 4.81. The van der Waals surface area contributed by atoms with E-state index >= 15 is 0 Å². The van der Waals surface area contributed by atoms with Gasteiger partial charge in [0.1, 0.15) is 0 Å². The molecule has 1 atom stereocenters. The predicted molar refractivity (Wildman–Crippen MR) is 73.9 cm³/mol. The SMILES string of the molecule is O=C(Nc1cccc(-c2nn[nH]n2)c1)[C@H]1CCCCN1. The van der Waals surface area contributed by atoms with Gasteiger partial charge in [-0.25, -0.2) is 0 Å². The number of benzene rings is 1. The largest absolute Gasteiger partial charge is 0.325 e. The van der Waals surface area contributed by atoms with Crippen LogP contribution >= 0.6 is 0 Å². The summed E-state index contributed by atoms with van der Waals surface area (Å²) >= 11 is 0. The van der Waals surface area contributed by atoms with Crippen LogP contribution in [0.5, 0.6) is 0 Å². The standard InChI is InChI=1S/C13H16N6O/c20-13(11-6-1-2-7-14-11)15-10-5-3-4-9(8-10)12-16-18-19-17-12/h3-5,8,11,14H,1-2,6-7H2,(H,15,20)(H,16,17,18,19)/t11-/m1/s1. The number of rotatable bonds is 3. The molecule has 7 heteroatoms. The van der Waals surface area contributed by atoms with Gasteiger partial charge >= 0.3 is 0 Å². The zero-order valence-corrected chi connectivity index (χ0v) is 11.0. The molecule has 104 valence electrons. The summed E-state index contributed by atoms with van der Waals surface area (Å²) in [7, 11) is 0. The number of nitrogens with zero attached hydrogens (tertiary/aromatic N) is 3. The summed E-state index contributed by atoms with van der Waals surface area (Å²) in [5, 5.41) is 19.9. The van der Waals surface area contributed by atoms with E-state index in [9.17, 15) is 4.79 Å². The Hall–Kier alpha value is -2.28. The van der Waals surface area contributed by atoms with Crippen molar-refractivity contribution in [1.29, 1.82) is 0 Å². The highest BCUT2D eigenvalue weighted by atomic mass is 16.2. The topological polar surface area (TPSA) is 95.6 Å². The van der Waals surface area contributed by atoms with E-state index in [4.69, 9.17) is 0 Å². The predicted octanol–water partition coefficient (Wildman–Crippen LogP) is 0.947. The van der Waals surface area contributed by atoms with Crippen molar-refractivity contribution in [3.63, 3.8) is 0 Å². The van der Waals surface area contributed by atoms with E-state index in [1.165, 1.54) is 0 Å². The van der Waals surface area contributed by atoms with Crippen LogP contribution in [0.1, 0.15) is 19.3 Å². The molecule has 0 unspecified atom stereocenters. The normalized spacial score (nSPS) is 18.7. The number of nitrogens with one attached hydrogen (secondary N) is 3. The van der Waals surface area contributed by atoms with Gasteiger partial charge < -0.3 is 10.6 Å². The molecule has 1 amide bonds. The molecule has 1 aromatic carbocycles. The highest BCUT2D eigenvalue weighted by Gasteiger charge is 2.20. The number of hydrogen-bond acceptors (Lipinski definition) is 5. The molecule has 20 heavy (non-hydrogen) atoms. The first-order valence-corrected chi connectivity index (χ1v) is 6.71. The summed E-state index contributed by atoms with van der Waals surface area (Å²) < 4.78 is 0. The molecule has 1 aliphatic heterocycles. The van der Waals surface area contributed by atoms with Crippen LogP contribution in [0.3, 0.4) is 0 Å². The number of aromatic amines is 1. The zero-order chi connectivity index (χ0) is 13.8. The number of aromatic nitrogens is 4. The van der Waals surface area contributed by atoms with Crippen molar-refractivity contribution in [2.45, 2.75) is 25.3 Å². The molecule has 7 nitrogen and oxygen atoms in total. The lowest BCUT2D eigenvalue weighted by Gasteiger charge is -2.22. The lowest BCUT2D eigenvalue weighted by molar-refractivity contribution is -0.118. The maximum absolute atomic E-state index is 12.1. The second kappa shape index (κ2) is 5.79. The van der Waals surface area contributed by atoms with E-state index in [1.807, 2.05) is 24.3 Å². The van der Waals surface area contributed by atoms with E-state index in [2.05, 4.69) is 31.3 Å². The van der Waals surface area contributed by atoms with Gasteiger partial charge in [0.25, 0.3) is 0 Å². The van der Waals surface area contributed by atoms with Gasteiger partial charge in [0, 0.05) is 11.3 Å². The number of amides is 1. The number of carbonyl (C=O) groups is 1. The van der Waals surface area contributed by atoms with Gasteiger partial charge in [0.15, 0.2) is 0 Å². The lowest BCUT2D eigenvalue weighted by atomic mass is 10.0. The van der Waals surface area contributed by atoms with Gasteiger partial charge in [0.05, 0.1) is 6.04 Å². The van der Waals surface area contributed by atoms with Gasteiger partial charge in [-0.15, -0.1) is 10.2 Å². The van der Waals surface area contributed by atoms with Gasteiger partial charge in [-0.2, -0.15) is 5.21 Å². The molecular formula is C13H16N6O. The third-order valence-electron chi connectivity index (χ3n) is 3.36. The number of hydrogen-bond donors (Lipinski definition) is 3. The minimum atomic E-state index is -0.0995. The first-order chi connectivity index (χ1) is 9.83. The smallest absolute Gasteiger partial charge is 0.241 e. The summed E-state index contributed by atoms with van der Waals surface area (Å²) in [6.45, 7) is 0.904. The molecule has 1 saturated heterocycles. The molecular weight excluding hydrogens is 256 g/mol. The molecule has 0 radical (unpaired) electrons. The Kier molecular flexibility index (Phi) is 3.69. The molecule has 1 aromatic heterocycles. The fourth-order valence-electron chi connectivity index (χ4n) is 2.33. The van der Waals surface area contributed by atoms with E-state index in [-0.39, 0.29) is 11.9 Å². The molecule has 0 saturated carbocycles. The average molecular weight is 272 g/mol. The fourth-order valence-corrected chi connectivity index (χ4v) is 2.33. The quantitative estimate of drug-likeness (QED) is 0.773. The Balaban J connectivity index is 1.71. The summed E-state index contributed by atoms with van der Waals surface area (Å²) in [5.74, 6) is 0.520. The Morgan fingerprint density at radius 3 is 3.05 bits per heavy atom. The minimum absolute atomic E-state index is 0.00922. The monoisotopic (exact) mass is 272 g/mol.